The summed E-state index contributed by atoms with van der Waals surface area (Å²) in [6.07, 6.45) is -3.46. The van der Waals surface area contributed by atoms with Crippen molar-refractivity contribution in [2.75, 3.05) is 0 Å². The van der Waals surface area contributed by atoms with Gasteiger partial charge in [-0.15, -0.1) is 10.2 Å². The van der Waals surface area contributed by atoms with E-state index in [-0.39, 0.29) is 23.4 Å². The molecule has 1 aromatic carbocycles. The van der Waals surface area contributed by atoms with Crippen LogP contribution in [0.25, 0.3) is 0 Å². The Labute approximate surface area is 144 Å². The third-order valence-corrected chi connectivity index (χ3v) is 3.96. The van der Waals surface area contributed by atoms with Crippen LogP contribution in [0.5, 0.6) is 0 Å². The molecule has 0 radical (unpaired) electrons. The minimum absolute atomic E-state index is 0.0343. The standard InChI is InChI=1S/C15H12F3N5O3/c1-23-10(13(25)26)6-19-11(23)7-20-12(24)8-2-4-9(5-3-8)14(21-22-14)15(16,17)18/h2-6H,7H2,1H3,(H,20,24)(H,25,26). The first-order valence-corrected chi connectivity index (χ1v) is 7.29. The highest BCUT2D eigenvalue weighted by molar-refractivity contribution is 5.94. The highest BCUT2D eigenvalue weighted by Gasteiger charge is 2.65. The van der Waals surface area contributed by atoms with Crippen molar-refractivity contribution in [3.05, 3.63) is 53.1 Å². The summed E-state index contributed by atoms with van der Waals surface area (Å²) in [5, 5.41) is 17.7. The van der Waals surface area contributed by atoms with Gasteiger partial charge in [0.1, 0.15) is 11.5 Å². The predicted octanol–water partition coefficient (Wildman–Crippen LogP) is 2.23. The summed E-state index contributed by atoms with van der Waals surface area (Å²) in [7, 11) is 1.49. The average molecular weight is 367 g/mol. The monoisotopic (exact) mass is 367 g/mol. The maximum atomic E-state index is 12.9. The summed E-state index contributed by atoms with van der Waals surface area (Å²) < 4.78 is 40.1. The molecular weight excluding hydrogens is 355 g/mol. The zero-order valence-electron chi connectivity index (χ0n) is 13.3. The topological polar surface area (TPSA) is 109 Å². The Kier molecular flexibility index (Phi) is 4.01. The number of rotatable bonds is 5. The third kappa shape index (κ3) is 2.91. The second kappa shape index (κ2) is 5.93. The normalized spacial score (nSPS) is 14.9. The molecule has 1 aliphatic heterocycles. The summed E-state index contributed by atoms with van der Waals surface area (Å²) in [6, 6.07) is 4.77. The van der Waals surface area contributed by atoms with E-state index in [0.717, 1.165) is 18.3 Å². The van der Waals surface area contributed by atoms with Gasteiger partial charge in [0.25, 0.3) is 5.91 Å². The second-order valence-electron chi connectivity index (χ2n) is 5.55. The van der Waals surface area contributed by atoms with E-state index < -0.39 is 23.7 Å². The Balaban J connectivity index is 1.67. The van der Waals surface area contributed by atoms with E-state index in [4.69, 9.17) is 5.11 Å². The number of hydrogen-bond acceptors (Lipinski definition) is 5. The molecule has 2 N–H and O–H groups in total. The summed E-state index contributed by atoms with van der Waals surface area (Å²) in [5.74, 6) is -1.37. The summed E-state index contributed by atoms with van der Waals surface area (Å²) in [4.78, 5) is 27.0. The van der Waals surface area contributed by atoms with Crippen LogP contribution in [0.3, 0.4) is 0 Å². The first-order chi connectivity index (χ1) is 12.2. The minimum atomic E-state index is -4.63. The van der Waals surface area contributed by atoms with Crippen molar-refractivity contribution in [3.8, 4) is 0 Å². The van der Waals surface area contributed by atoms with Gasteiger partial charge >= 0.3 is 17.8 Å². The van der Waals surface area contributed by atoms with Crippen LogP contribution in [0.1, 0.15) is 32.2 Å². The number of carbonyl (C=O) groups is 2. The molecule has 2 heterocycles. The molecule has 1 aliphatic rings. The molecule has 0 bridgehead atoms. The van der Waals surface area contributed by atoms with Crippen LogP contribution in [0, 0.1) is 0 Å². The van der Waals surface area contributed by atoms with E-state index in [1.54, 1.807) is 0 Å². The fraction of sp³-hybridized carbons (Fsp3) is 0.267. The smallest absolute Gasteiger partial charge is 0.442 e. The SMILES string of the molecule is Cn1c(C(=O)O)cnc1CNC(=O)c1ccc(C2(C(F)(F)F)N=N2)cc1. The van der Waals surface area contributed by atoms with Crippen molar-refractivity contribution in [2.45, 2.75) is 18.4 Å². The van der Waals surface area contributed by atoms with Crippen molar-refractivity contribution in [1.82, 2.24) is 14.9 Å². The van der Waals surface area contributed by atoms with Crippen LogP contribution < -0.4 is 5.32 Å². The molecule has 26 heavy (non-hydrogen) atoms. The largest absolute Gasteiger partial charge is 0.477 e. The Morgan fingerprint density at radius 1 is 1.23 bits per heavy atom. The van der Waals surface area contributed by atoms with Gasteiger partial charge in [-0.25, -0.2) is 9.78 Å². The number of halogens is 3. The van der Waals surface area contributed by atoms with Gasteiger partial charge in [-0.1, -0.05) is 12.1 Å². The van der Waals surface area contributed by atoms with E-state index in [1.807, 2.05) is 0 Å². The van der Waals surface area contributed by atoms with E-state index in [2.05, 4.69) is 20.5 Å². The number of carboxylic acids is 1. The second-order valence-corrected chi connectivity index (χ2v) is 5.55. The zero-order chi connectivity index (χ0) is 19.1. The molecule has 0 atom stereocenters. The van der Waals surface area contributed by atoms with Gasteiger partial charge in [0, 0.05) is 18.2 Å². The number of alkyl halides is 3. The van der Waals surface area contributed by atoms with Gasteiger partial charge in [-0.05, 0) is 12.1 Å². The van der Waals surface area contributed by atoms with Crippen LogP contribution in [0.2, 0.25) is 0 Å². The molecular formula is C15H12F3N5O3. The summed E-state index contributed by atoms with van der Waals surface area (Å²) >= 11 is 0. The molecule has 1 aromatic heterocycles. The fourth-order valence-corrected chi connectivity index (χ4v) is 2.37. The van der Waals surface area contributed by atoms with Crippen LogP contribution in [0.4, 0.5) is 13.2 Å². The molecule has 8 nitrogen and oxygen atoms in total. The van der Waals surface area contributed by atoms with E-state index in [9.17, 15) is 22.8 Å². The Bertz CT molecular complexity index is 896. The number of amides is 1. The average Bonchev–Trinajstić information content (AvgIpc) is 3.32. The molecule has 0 aliphatic carbocycles. The number of carbonyl (C=O) groups excluding carboxylic acids is 1. The lowest BCUT2D eigenvalue weighted by Gasteiger charge is -2.15. The van der Waals surface area contributed by atoms with Crippen molar-refractivity contribution in [1.29, 1.82) is 0 Å². The molecule has 0 fully saturated rings. The number of carboxylic acid groups (broad SMARTS) is 1. The lowest BCUT2D eigenvalue weighted by atomic mass is 10.0. The van der Waals surface area contributed by atoms with Crippen LogP contribution in [-0.2, 0) is 19.3 Å². The summed E-state index contributed by atoms with van der Waals surface area (Å²) in [6.45, 7) is -0.0402. The lowest BCUT2D eigenvalue weighted by Crippen LogP contribution is -2.30. The Morgan fingerprint density at radius 2 is 1.85 bits per heavy atom. The number of imidazole rings is 1. The lowest BCUT2D eigenvalue weighted by molar-refractivity contribution is -0.166. The summed E-state index contributed by atoms with van der Waals surface area (Å²) in [5.41, 5.74) is -2.59. The van der Waals surface area contributed by atoms with Gasteiger partial charge in [0.15, 0.2) is 0 Å². The fourth-order valence-electron chi connectivity index (χ4n) is 2.37. The van der Waals surface area contributed by atoms with Crippen LogP contribution >= 0.6 is 0 Å². The number of aromatic nitrogens is 2. The quantitative estimate of drug-likeness (QED) is 0.844. The van der Waals surface area contributed by atoms with Crippen LogP contribution in [-0.4, -0.2) is 32.7 Å². The maximum absolute atomic E-state index is 12.9. The molecule has 1 amide bonds. The van der Waals surface area contributed by atoms with Gasteiger partial charge in [-0.3, -0.25) is 4.79 Å². The van der Waals surface area contributed by atoms with Gasteiger partial charge in [0.05, 0.1) is 12.7 Å². The number of hydrogen-bond donors (Lipinski definition) is 2. The van der Waals surface area contributed by atoms with Gasteiger partial charge < -0.3 is 15.0 Å². The molecule has 0 saturated heterocycles. The molecule has 3 rings (SSSR count). The molecule has 11 heteroatoms. The third-order valence-electron chi connectivity index (χ3n) is 3.96. The first-order valence-electron chi connectivity index (χ1n) is 7.29. The predicted molar refractivity (Wildman–Crippen MR) is 80.4 cm³/mol. The molecule has 136 valence electrons. The van der Waals surface area contributed by atoms with Crippen molar-refractivity contribution >= 4 is 11.9 Å². The highest BCUT2D eigenvalue weighted by Crippen LogP contribution is 2.52. The first kappa shape index (κ1) is 17.6. The zero-order valence-corrected chi connectivity index (χ0v) is 13.3. The molecule has 0 unspecified atom stereocenters. The Morgan fingerprint density at radius 3 is 2.31 bits per heavy atom. The van der Waals surface area contributed by atoms with Crippen LogP contribution in [0.15, 0.2) is 40.7 Å². The number of aromatic carboxylic acids is 1. The molecule has 0 spiro atoms. The highest BCUT2D eigenvalue weighted by atomic mass is 19.4. The molecule has 2 aromatic rings. The van der Waals surface area contributed by atoms with Gasteiger partial charge in [-0.2, -0.15) is 13.2 Å². The Hall–Kier alpha value is -3.24. The number of benzene rings is 1. The van der Waals surface area contributed by atoms with E-state index in [1.165, 1.54) is 23.7 Å². The van der Waals surface area contributed by atoms with Crippen molar-refractivity contribution in [3.63, 3.8) is 0 Å². The van der Waals surface area contributed by atoms with E-state index >= 15 is 0 Å². The van der Waals surface area contributed by atoms with Crippen molar-refractivity contribution in [2.24, 2.45) is 17.3 Å². The van der Waals surface area contributed by atoms with Crippen molar-refractivity contribution < 1.29 is 27.9 Å². The molecule has 0 saturated carbocycles. The minimum Gasteiger partial charge on any atom is -0.477 e. The van der Waals surface area contributed by atoms with E-state index in [0.29, 0.717) is 5.82 Å². The maximum Gasteiger partial charge on any atom is 0.442 e. The van der Waals surface area contributed by atoms with Gasteiger partial charge in [0.2, 0.25) is 0 Å². The number of nitrogens with one attached hydrogen (secondary N) is 1. The number of nitrogens with zero attached hydrogens (tertiary/aromatic N) is 4.